The monoisotopic (exact) mass is 283 g/mol. The number of hydrogen-bond acceptors (Lipinski definition) is 3. The third kappa shape index (κ3) is 2.76. The fraction of sp³-hybridized carbons (Fsp3) is 0.412. The summed E-state index contributed by atoms with van der Waals surface area (Å²) in [5.41, 5.74) is 7.33. The Labute approximate surface area is 125 Å². The molecule has 1 aliphatic heterocycles. The third-order valence-corrected chi connectivity index (χ3v) is 4.27. The SMILES string of the molecule is NCC[C@@H]1CCCCN1C(=O)c1ccnc2ccccc12. The minimum absolute atomic E-state index is 0.117. The van der Waals surface area contributed by atoms with E-state index in [2.05, 4.69) is 4.98 Å². The van der Waals surface area contributed by atoms with Gasteiger partial charge in [0.1, 0.15) is 0 Å². The lowest BCUT2D eigenvalue weighted by Gasteiger charge is -2.36. The van der Waals surface area contributed by atoms with Crippen molar-refractivity contribution in [1.82, 2.24) is 9.88 Å². The van der Waals surface area contributed by atoms with Crippen molar-refractivity contribution in [3.8, 4) is 0 Å². The van der Waals surface area contributed by atoms with Crippen LogP contribution in [0, 0.1) is 0 Å². The van der Waals surface area contributed by atoms with Gasteiger partial charge < -0.3 is 10.6 Å². The Morgan fingerprint density at radius 1 is 1.29 bits per heavy atom. The van der Waals surface area contributed by atoms with E-state index >= 15 is 0 Å². The molecule has 1 fully saturated rings. The molecule has 0 unspecified atom stereocenters. The van der Waals surface area contributed by atoms with E-state index in [-0.39, 0.29) is 11.9 Å². The Balaban J connectivity index is 1.95. The van der Waals surface area contributed by atoms with Crippen LogP contribution in [0.15, 0.2) is 36.5 Å². The Morgan fingerprint density at radius 3 is 3.00 bits per heavy atom. The Kier molecular flexibility index (Phi) is 4.15. The molecule has 1 atom stereocenters. The molecule has 21 heavy (non-hydrogen) atoms. The molecular formula is C17H21N3O. The number of fused-ring (bicyclic) bond motifs is 1. The summed E-state index contributed by atoms with van der Waals surface area (Å²) >= 11 is 0. The first kappa shape index (κ1) is 14.0. The lowest BCUT2D eigenvalue weighted by Crippen LogP contribution is -2.44. The number of hydrogen-bond donors (Lipinski definition) is 1. The van der Waals surface area contributed by atoms with E-state index in [0.717, 1.165) is 42.3 Å². The molecule has 1 amide bonds. The number of piperidine rings is 1. The number of rotatable bonds is 3. The van der Waals surface area contributed by atoms with Gasteiger partial charge in [-0.3, -0.25) is 9.78 Å². The fourth-order valence-electron chi connectivity index (χ4n) is 3.20. The van der Waals surface area contributed by atoms with Crippen LogP contribution in [0.2, 0.25) is 0 Å². The van der Waals surface area contributed by atoms with Gasteiger partial charge in [0.15, 0.2) is 0 Å². The van der Waals surface area contributed by atoms with Crippen molar-refractivity contribution in [2.24, 2.45) is 5.73 Å². The highest BCUT2D eigenvalue weighted by molar-refractivity contribution is 6.06. The van der Waals surface area contributed by atoms with Crippen LogP contribution < -0.4 is 5.73 Å². The minimum atomic E-state index is 0.117. The standard InChI is InChI=1S/C17H21N3O/c18-10-8-13-5-3-4-12-20(13)17(21)15-9-11-19-16-7-2-1-6-14(15)16/h1-2,6-7,9,11,13H,3-5,8,10,12,18H2/t13-/m0/s1. The molecule has 1 saturated heterocycles. The van der Waals surface area contributed by atoms with E-state index in [1.54, 1.807) is 6.20 Å². The quantitative estimate of drug-likeness (QED) is 0.942. The average molecular weight is 283 g/mol. The Morgan fingerprint density at radius 2 is 2.14 bits per heavy atom. The zero-order chi connectivity index (χ0) is 14.7. The zero-order valence-corrected chi connectivity index (χ0v) is 12.2. The highest BCUT2D eigenvalue weighted by atomic mass is 16.2. The predicted octanol–water partition coefficient (Wildman–Crippen LogP) is 2.58. The summed E-state index contributed by atoms with van der Waals surface area (Å²) in [5.74, 6) is 0.117. The van der Waals surface area contributed by atoms with Crippen molar-refractivity contribution in [3.05, 3.63) is 42.1 Å². The molecule has 0 aliphatic carbocycles. The molecular weight excluding hydrogens is 262 g/mol. The molecule has 1 aromatic heterocycles. The maximum absolute atomic E-state index is 13.0. The van der Waals surface area contributed by atoms with Gasteiger partial charge >= 0.3 is 0 Å². The molecule has 1 aromatic carbocycles. The number of aromatic nitrogens is 1. The summed E-state index contributed by atoms with van der Waals surface area (Å²) in [6.45, 7) is 1.46. The highest BCUT2D eigenvalue weighted by Gasteiger charge is 2.27. The van der Waals surface area contributed by atoms with Gasteiger partial charge in [0.2, 0.25) is 0 Å². The van der Waals surface area contributed by atoms with Gasteiger partial charge in [0, 0.05) is 24.2 Å². The predicted molar refractivity (Wildman–Crippen MR) is 84.1 cm³/mol. The molecule has 4 nitrogen and oxygen atoms in total. The fourth-order valence-corrected chi connectivity index (χ4v) is 3.20. The van der Waals surface area contributed by atoms with E-state index in [1.807, 2.05) is 35.2 Å². The van der Waals surface area contributed by atoms with Crippen LogP contribution in [0.1, 0.15) is 36.0 Å². The normalized spacial score (nSPS) is 18.9. The van der Waals surface area contributed by atoms with Crippen LogP contribution in [0.25, 0.3) is 10.9 Å². The number of carbonyl (C=O) groups excluding carboxylic acids is 1. The van der Waals surface area contributed by atoms with Crippen molar-refractivity contribution >= 4 is 16.8 Å². The van der Waals surface area contributed by atoms with E-state index < -0.39 is 0 Å². The molecule has 2 N–H and O–H groups in total. The Hall–Kier alpha value is -1.94. The molecule has 110 valence electrons. The maximum Gasteiger partial charge on any atom is 0.254 e. The number of likely N-dealkylation sites (tertiary alicyclic amines) is 1. The van der Waals surface area contributed by atoms with Crippen LogP contribution in [0.5, 0.6) is 0 Å². The summed E-state index contributed by atoms with van der Waals surface area (Å²) in [7, 11) is 0. The summed E-state index contributed by atoms with van der Waals surface area (Å²) < 4.78 is 0. The Bertz CT molecular complexity index is 633. The molecule has 0 bridgehead atoms. The van der Waals surface area contributed by atoms with Gasteiger partial charge in [0.25, 0.3) is 5.91 Å². The third-order valence-electron chi connectivity index (χ3n) is 4.27. The number of amides is 1. The average Bonchev–Trinajstić information content (AvgIpc) is 2.54. The highest BCUT2D eigenvalue weighted by Crippen LogP contribution is 2.24. The molecule has 2 heterocycles. The van der Waals surface area contributed by atoms with E-state index in [9.17, 15) is 4.79 Å². The molecule has 4 heteroatoms. The van der Waals surface area contributed by atoms with Gasteiger partial charge in [0.05, 0.1) is 11.1 Å². The van der Waals surface area contributed by atoms with Crippen LogP contribution in [0.4, 0.5) is 0 Å². The van der Waals surface area contributed by atoms with Crippen molar-refractivity contribution in [2.75, 3.05) is 13.1 Å². The summed E-state index contributed by atoms with van der Waals surface area (Å²) in [5, 5.41) is 0.932. The van der Waals surface area contributed by atoms with Gasteiger partial charge in [-0.2, -0.15) is 0 Å². The van der Waals surface area contributed by atoms with Crippen LogP contribution in [0.3, 0.4) is 0 Å². The van der Waals surface area contributed by atoms with E-state index in [0.29, 0.717) is 6.54 Å². The van der Waals surface area contributed by atoms with Crippen LogP contribution in [-0.2, 0) is 0 Å². The van der Waals surface area contributed by atoms with Gasteiger partial charge in [-0.25, -0.2) is 0 Å². The molecule has 0 radical (unpaired) electrons. The van der Waals surface area contributed by atoms with Crippen molar-refractivity contribution in [3.63, 3.8) is 0 Å². The van der Waals surface area contributed by atoms with E-state index in [4.69, 9.17) is 5.73 Å². The lowest BCUT2D eigenvalue weighted by molar-refractivity contribution is 0.0607. The summed E-state index contributed by atoms with van der Waals surface area (Å²) in [6.07, 6.45) is 5.93. The summed E-state index contributed by atoms with van der Waals surface area (Å²) in [4.78, 5) is 19.3. The molecule has 2 aromatic rings. The van der Waals surface area contributed by atoms with Gasteiger partial charge in [-0.15, -0.1) is 0 Å². The number of benzene rings is 1. The number of para-hydroxylation sites is 1. The minimum Gasteiger partial charge on any atom is -0.336 e. The van der Waals surface area contributed by atoms with Crippen LogP contribution in [-0.4, -0.2) is 34.9 Å². The maximum atomic E-state index is 13.0. The number of pyridine rings is 1. The first-order chi connectivity index (χ1) is 10.3. The number of nitrogens with two attached hydrogens (primary N) is 1. The first-order valence-electron chi connectivity index (χ1n) is 7.66. The van der Waals surface area contributed by atoms with E-state index in [1.165, 1.54) is 6.42 Å². The molecule has 0 saturated carbocycles. The number of nitrogens with zero attached hydrogens (tertiary/aromatic N) is 2. The zero-order valence-electron chi connectivity index (χ0n) is 12.2. The molecule has 3 rings (SSSR count). The van der Waals surface area contributed by atoms with Gasteiger partial charge in [-0.1, -0.05) is 18.2 Å². The van der Waals surface area contributed by atoms with Gasteiger partial charge in [-0.05, 0) is 44.4 Å². The topological polar surface area (TPSA) is 59.2 Å². The lowest BCUT2D eigenvalue weighted by atomic mass is 9.97. The molecule has 0 spiro atoms. The number of carbonyl (C=O) groups is 1. The second-order valence-electron chi connectivity index (χ2n) is 5.60. The molecule has 1 aliphatic rings. The van der Waals surface area contributed by atoms with Crippen LogP contribution >= 0.6 is 0 Å². The van der Waals surface area contributed by atoms with Crippen molar-refractivity contribution < 1.29 is 4.79 Å². The van der Waals surface area contributed by atoms with Crippen molar-refractivity contribution in [2.45, 2.75) is 31.7 Å². The second kappa shape index (κ2) is 6.22. The smallest absolute Gasteiger partial charge is 0.254 e. The first-order valence-corrected chi connectivity index (χ1v) is 7.66. The second-order valence-corrected chi connectivity index (χ2v) is 5.60. The summed E-state index contributed by atoms with van der Waals surface area (Å²) in [6, 6.07) is 9.93. The largest absolute Gasteiger partial charge is 0.336 e. The van der Waals surface area contributed by atoms with Crippen molar-refractivity contribution in [1.29, 1.82) is 0 Å².